The van der Waals surface area contributed by atoms with Crippen LogP contribution in [0.25, 0.3) is 0 Å². The van der Waals surface area contributed by atoms with Crippen LogP contribution >= 0.6 is 22.6 Å². The molecule has 9 heteroatoms. The molecule has 0 aliphatic rings. The molecule has 0 fully saturated rings. The molecule has 0 aliphatic heterocycles. The lowest BCUT2D eigenvalue weighted by Crippen LogP contribution is -1.96. The van der Waals surface area contributed by atoms with Crippen LogP contribution in [-0.4, -0.2) is 25.7 Å². The first-order valence-electron chi connectivity index (χ1n) is 3.83. The lowest BCUT2D eigenvalue weighted by atomic mass is 10.4. The second-order valence-electron chi connectivity index (χ2n) is 2.23. The smallest absolute Gasteiger partial charge is 0.284 e. The molecule has 0 unspecified atom stereocenters. The van der Waals surface area contributed by atoms with Gasteiger partial charge in [-0.1, -0.05) is 18.2 Å². The highest BCUT2D eigenvalue weighted by Crippen LogP contribution is 1.99. The van der Waals surface area contributed by atoms with E-state index in [4.69, 9.17) is 4.55 Å². The highest BCUT2D eigenvalue weighted by Gasteiger charge is 1.97. The predicted molar refractivity (Wildman–Crippen MR) is 63.8 cm³/mol. The molecule has 0 atom stereocenters. The van der Waals surface area contributed by atoms with E-state index in [0.717, 1.165) is 0 Å². The molecule has 0 aromatic heterocycles. The Morgan fingerprint density at radius 1 is 1.18 bits per heavy atom. The molecule has 17 heavy (non-hydrogen) atoms. The number of halogens is 5. The Morgan fingerprint density at radius 2 is 1.47 bits per heavy atom. The van der Waals surface area contributed by atoms with Gasteiger partial charge in [-0.25, -0.2) is 4.39 Å². The maximum Gasteiger partial charge on any atom is 0.379 e. The third kappa shape index (κ3) is 25.7. The van der Waals surface area contributed by atoms with Crippen molar-refractivity contribution in [1.29, 1.82) is 0 Å². The Kier molecular flexibility index (Phi) is 11.9. The van der Waals surface area contributed by atoms with E-state index >= 15 is 0 Å². The van der Waals surface area contributed by atoms with Gasteiger partial charge in [0.2, 0.25) is 6.01 Å². The maximum atomic E-state index is 10.7. The van der Waals surface area contributed by atoms with E-state index < -0.39 is 22.8 Å². The van der Waals surface area contributed by atoms with Crippen molar-refractivity contribution in [3.63, 3.8) is 0 Å². The number of rotatable bonds is 1. The maximum absolute atomic E-state index is 10.7. The number of benzene rings is 1. The quantitative estimate of drug-likeness (QED) is 0.457. The monoisotopic (exact) mass is 388 g/mol. The van der Waals surface area contributed by atoms with Gasteiger partial charge in [-0.15, -0.1) is 0 Å². The van der Waals surface area contributed by atoms with Gasteiger partial charge >= 0.3 is 6.68 Å². The first-order chi connectivity index (χ1) is 7.69. The molecule has 1 rings (SSSR count). The molecule has 0 saturated carbocycles. The molecule has 0 amide bonds. The molecule has 1 aromatic carbocycles. The molecule has 0 spiro atoms. The van der Waals surface area contributed by atoms with Gasteiger partial charge in [0.25, 0.3) is 10.1 Å². The van der Waals surface area contributed by atoms with Crippen LogP contribution in [0.2, 0.25) is 0 Å². The summed E-state index contributed by atoms with van der Waals surface area (Å²) in [7, 11) is -4.33. The fraction of sp³-hybridized carbons (Fsp3) is 0.250. The Balaban J connectivity index is 0. The topological polar surface area (TPSA) is 54.4 Å². The van der Waals surface area contributed by atoms with E-state index in [0.29, 0.717) is 0 Å². The average molecular weight is 388 g/mol. The highest BCUT2D eigenvalue weighted by atomic mass is 127. The minimum atomic E-state index is -4.33. The summed E-state index contributed by atoms with van der Waals surface area (Å²) in [4.78, 5) is 0. The van der Waals surface area contributed by atoms with Crippen molar-refractivity contribution >= 4 is 32.7 Å². The van der Waals surface area contributed by atoms with Crippen molar-refractivity contribution in [1.82, 2.24) is 0 Å². The van der Waals surface area contributed by atoms with Crippen LogP contribution in [0.1, 0.15) is 0 Å². The average Bonchev–Trinajstić information content (AvgIpc) is 2.18. The van der Waals surface area contributed by atoms with Crippen molar-refractivity contribution in [2.24, 2.45) is 0 Å². The van der Waals surface area contributed by atoms with Gasteiger partial charge in [-0.2, -0.15) is 21.6 Å². The molecular formula is C8H9F4IO3S. The summed E-state index contributed by atoms with van der Waals surface area (Å²) in [6.07, 6.45) is 0. The highest BCUT2D eigenvalue weighted by molar-refractivity contribution is 14.1. The summed E-state index contributed by atoms with van der Waals surface area (Å²) in [6, 6.07) is 8.51. The molecule has 0 radical (unpaired) electrons. The molecule has 0 aliphatic carbocycles. The van der Waals surface area contributed by atoms with Crippen LogP contribution < -0.4 is 0 Å². The first-order valence-corrected chi connectivity index (χ1v) is 6.51. The Labute approximate surface area is 110 Å². The molecule has 0 saturated heterocycles. The third-order valence-corrected chi connectivity index (χ3v) is 1.87. The van der Waals surface area contributed by atoms with E-state index in [1.54, 1.807) is 0 Å². The van der Waals surface area contributed by atoms with E-state index in [1.807, 2.05) is 18.2 Å². The fourth-order valence-electron chi connectivity index (χ4n) is 0.415. The second-order valence-corrected chi connectivity index (χ2v) is 4.86. The van der Waals surface area contributed by atoms with Gasteiger partial charge in [0, 0.05) is 3.57 Å². The molecule has 0 heterocycles. The molecule has 100 valence electrons. The van der Waals surface area contributed by atoms with Crippen molar-refractivity contribution in [3.8, 4) is 0 Å². The van der Waals surface area contributed by atoms with E-state index in [1.165, 1.54) is 3.57 Å². The lowest BCUT2D eigenvalue weighted by Gasteiger charge is -1.80. The zero-order valence-electron chi connectivity index (χ0n) is 8.23. The minimum absolute atomic E-state index is 1.29. The zero-order chi connectivity index (χ0) is 13.9. The van der Waals surface area contributed by atoms with Crippen LogP contribution in [-0.2, 0) is 10.1 Å². The van der Waals surface area contributed by atoms with Gasteiger partial charge in [0.15, 0.2) is 0 Å². The van der Waals surface area contributed by atoms with Gasteiger partial charge in [-0.05, 0) is 34.7 Å². The fourth-order valence-corrected chi connectivity index (χ4v) is 0.830. The van der Waals surface area contributed by atoms with E-state index in [-0.39, 0.29) is 0 Å². The first kappa shape index (κ1) is 18.9. The Bertz CT molecular complexity index is 369. The Hall–Kier alpha value is -0.420. The standard InChI is InChI=1S/C6H5I.CHF3.CH3FO3S/c7-6-4-2-1-3-5-6;2-1(3)4;2-1-6(3,4)5/h1-5H;1H;1H2,(H,3,4,5). The normalized spacial score (nSPS) is 9.82. The zero-order valence-corrected chi connectivity index (χ0v) is 11.2. The van der Waals surface area contributed by atoms with Gasteiger partial charge in [0.05, 0.1) is 0 Å². The van der Waals surface area contributed by atoms with Crippen LogP contribution in [0.3, 0.4) is 0 Å². The number of hydrogen-bond acceptors (Lipinski definition) is 2. The van der Waals surface area contributed by atoms with Crippen molar-refractivity contribution in [2.75, 3.05) is 6.01 Å². The van der Waals surface area contributed by atoms with Gasteiger partial charge in [0.1, 0.15) is 0 Å². The van der Waals surface area contributed by atoms with Gasteiger partial charge < -0.3 is 0 Å². The SMILES string of the molecule is FC(F)F.Ic1ccccc1.O=S(=O)(O)CF. The molecule has 1 N–H and O–H groups in total. The van der Waals surface area contributed by atoms with Crippen molar-refractivity contribution in [2.45, 2.75) is 6.68 Å². The summed E-state index contributed by atoms with van der Waals surface area (Å²) in [5, 5.41) is 0. The summed E-state index contributed by atoms with van der Waals surface area (Å²) in [6.45, 7) is -3.67. The Morgan fingerprint density at radius 3 is 1.59 bits per heavy atom. The largest absolute Gasteiger partial charge is 0.379 e. The molecule has 1 aromatic rings. The van der Waals surface area contributed by atoms with Crippen LogP contribution in [0.5, 0.6) is 0 Å². The van der Waals surface area contributed by atoms with Crippen molar-refractivity contribution < 1.29 is 30.5 Å². The van der Waals surface area contributed by atoms with Crippen molar-refractivity contribution in [3.05, 3.63) is 33.9 Å². The minimum Gasteiger partial charge on any atom is -0.284 e. The summed E-state index contributed by atoms with van der Waals surface area (Å²) >= 11 is 2.28. The summed E-state index contributed by atoms with van der Waals surface area (Å²) in [5.41, 5.74) is 0. The van der Waals surface area contributed by atoms with Crippen LogP contribution in [0.15, 0.2) is 30.3 Å². The summed E-state index contributed by atoms with van der Waals surface area (Å²) < 4.78 is 66.7. The number of alkyl halides is 4. The molecule has 3 nitrogen and oxygen atoms in total. The van der Waals surface area contributed by atoms with Crippen LogP contribution in [0.4, 0.5) is 17.6 Å². The molecule has 0 bridgehead atoms. The van der Waals surface area contributed by atoms with Crippen LogP contribution in [0, 0.1) is 3.57 Å². The number of hydrogen-bond donors (Lipinski definition) is 1. The lowest BCUT2D eigenvalue weighted by molar-refractivity contribution is 0.00819. The van der Waals surface area contributed by atoms with E-state index in [2.05, 4.69) is 34.7 Å². The predicted octanol–water partition coefficient (Wildman–Crippen LogP) is 3.27. The third-order valence-electron chi connectivity index (χ3n) is 0.871. The second kappa shape index (κ2) is 10.7. The summed E-state index contributed by atoms with van der Waals surface area (Å²) in [5.74, 6) is 0. The molecular weight excluding hydrogens is 379 g/mol. The van der Waals surface area contributed by atoms with E-state index in [9.17, 15) is 26.0 Å². The van der Waals surface area contributed by atoms with Gasteiger partial charge in [-0.3, -0.25) is 4.55 Å².